The summed E-state index contributed by atoms with van der Waals surface area (Å²) in [5.74, 6) is 1.07. The van der Waals surface area contributed by atoms with Crippen molar-refractivity contribution in [1.82, 2.24) is 0 Å². The molecule has 0 atom stereocenters. The average Bonchev–Trinajstić information content (AvgIpc) is 2.31. The molecule has 4 heteroatoms. The summed E-state index contributed by atoms with van der Waals surface area (Å²) in [7, 11) is 0. The van der Waals surface area contributed by atoms with Crippen LogP contribution >= 0.6 is 0 Å². The number of ether oxygens (including phenoxy) is 1. The topological polar surface area (TPSA) is 63.6 Å². The third-order valence-corrected chi connectivity index (χ3v) is 5.60. The van der Waals surface area contributed by atoms with Crippen molar-refractivity contribution in [2.75, 3.05) is 6.61 Å². The lowest BCUT2D eigenvalue weighted by atomic mass is 9.46. The largest absolute Gasteiger partial charge is 0.479 e. The molecule has 4 aliphatic rings. The van der Waals surface area contributed by atoms with Crippen LogP contribution in [-0.2, 0) is 14.3 Å². The minimum atomic E-state index is -1.07. The van der Waals surface area contributed by atoms with Crippen LogP contribution in [0.4, 0.5) is 0 Å². The van der Waals surface area contributed by atoms with Crippen molar-refractivity contribution in [1.29, 1.82) is 0 Å². The van der Waals surface area contributed by atoms with Crippen molar-refractivity contribution < 1.29 is 19.4 Å². The summed E-state index contributed by atoms with van der Waals surface area (Å²) in [6, 6.07) is 0. The summed E-state index contributed by atoms with van der Waals surface area (Å²) in [5, 5.41) is 8.62. The van der Waals surface area contributed by atoms with E-state index in [-0.39, 0.29) is 5.97 Å². The highest BCUT2D eigenvalue weighted by Crippen LogP contribution is 2.62. The van der Waals surface area contributed by atoms with E-state index in [1.165, 1.54) is 6.42 Å². The molecule has 0 aromatic rings. The lowest BCUT2D eigenvalue weighted by Gasteiger charge is -2.58. The summed E-state index contributed by atoms with van der Waals surface area (Å²) in [6.07, 6.45) is 5.86. The number of rotatable bonds is 3. The molecule has 0 saturated heterocycles. The molecular formula is C14H20O4. The molecule has 4 aliphatic carbocycles. The molecule has 4 saturated carbocycles. The highest BCUT2D eigenvalue weighted by molar-refractivity contribution is 5.80. The molecule has 0 radical (unpaired) electrons. The average molecular weight is 252 g/mol. The summed E-state index contributed by atoms with van der Waals surface area (Å²) in [4.78, 5) is 22.8. The molecule has 0 aromatic carbocycles. The van der Waals surface area contributed by atoms with Crippen LogP contribution in [-0.4, -0.2) is 23.7 Å². The Morgan fingerprint density at radius 3 is 2.06 bits per heavy atom. The van der Waals surface area contributed by atoms with Gasteiger partial charge in [-0.15, -0.1) is 0 Å². The van der Waals surface area contributed by atoms with Crippen LogP contribution in [0.1, 0.15) is 39.0 Å². The van der Waals surface area contributed by atoms with Gasteiger partial charge in [0.2, 0.25) is 0 Å². The van der Waals surface area contributed by atoms with E-state index in [0.29, 0.717) is 11.8 Å². The van der Waals surface area contributed by atoms with Crippen LogP contribution in [0.5, 0.6) is 0 Å². The lowest BCUT2D eigenvalue weighted by molar-refractivity contribution is -0.183. The summed E-state index contributed by atoms with van der Waals surface area (Å²) in [6.45, 7) is 1.50. The SMILES string of the molecule is CC1(C(=O)OCC(=O)O)C2CC3CC(C2)CC1C3. The highest BCUT2D eigenvalue weighted by Gasteiger charge is 2.59. The molecule has 4 nitrogen and oxygen atoms in total. The Balaban J connectivity index is 1.77. The van der Waals surface area contributed by atoms with Gasteiger partial charge in [0.25, 0.3) is 0 Å². The van der Waals surface area contributed by atoms with Crippen molar-refractivity contribution in [2.24, 2.45) is 29.1 Å². The van der Waals surface area contributed by atoms with Crippen LogP contribution in [0.2, 0.25) is 0 Å². The Morgan fingerprint density at radius 2 is 1.61 bits per heavy atom. The van der Waals surface area contributed by atoms with E-state index < -0.39 is 18.0 Å². The summed E-state index contributed by atoms with van der Waals surface area (Å²) < 4.78 is 4.99. The summed E-state index contributed by atoms with van der Waals surface area (Å²) in [5.41, 5.74) is -0.428. The third kappa shape index (κ3) is 1.65. The van der Waals surface area contributed by atoms with Gasteiger partial charge in [-0.3, -0.25) is 4.79 Å². The Morgan fingerprint density at radius 1 is 1.11 bits per heavy atom. The molecule has 0 amide bonds. The van der Waals surface area contributed by atoms with Crippen molar-refractivity contribution >= 4 is 11.9 Å². The minimum Gasteiger partial charge on any atom is -0.479 e. The fraction of sp³-hybridized carbons (Fsp3) is 0.857. The van der Waals surface area contributed by atoms with Crippen LogP contribution < -0.4 is 0 Å². The molecule has 0 aromatic heterocycles. The quantitative estimate of drug-likeness (QED) is 0.781. The Kier molecular flexibility index (Phi) is 2.65. The minimum absolute atomic E-state index is 0.279. The Bertz CT molecular complexity index is 359. The first-order valence-corrected chi connectivity index (χ1v) is 6.89. The van der Waals surface area contributed by atoms with Crippen molar-refractivity contribution in [3.05, 3.63) is 0 Å². The van der Waals surface area contributed by atoms with Crippen LogP contribution in [0.15, 0.2) is 0 Å². The molecular weight excluding hydrogens is 232 g/mol. The second-order valence-electron chi connectivity index (χ2n) is 6.56. The van der Waals surface area contributed by atoms with Crippen LogP contribution in [0.3, 0.4) is 0 Å². The number of carbonyl (C=O) groups is 2. The van der Waals surface area contributed by atoms with Gasteiger partial charge in [-0.2, -0.15) is 0 Å². The molecule has 0 spiro atoms. The monoisotopic (exact) mass is 252 g/mol. The molecule has 1 N–H and O–H groups in total. The van der Waals surface area contributed by atoms with E-state index in [2.05, 4.69) is 0 Å². The van der Waals surface area contributed by atoms with Crippen LogP contribution in [0, 0.1) is 29.1 Å². The number of esters is 1. The molecule has 4 bridgehead atoms. The van der Waals surface area contributed by atoms with E-state index in [4.69, 9.17) is 9.84 Å². The van der Waals surface area contributed by atoms with E-state index >= 15 is 0 Å². The molecule has 100 valence electrons. The van der Waals surface area contributed by atoms with E-state index in [1.54, 1.807) is 0 Å². The second kappa shape index (κ2) is 3.97. The standard InChI is InChI=1S/C14H20O4/c1-14(13(17)18-7-12(15)16)10-3-8-2-9(5-10)6-11(14)4-8/h8-11H,2-7H2,1H3,(H,15,16). The maximum absolute atomic E-state index is 12.3. The fourth-order valence-corrected chi connectivity index (χ4v) is 4.78. The lowest BCUT2D eigenvalue weighted by Crippen LogP contribution is -2.55. The van der Waals surface area contributed by atoms with Gasteiger partial charge in [-0.05, 0) is 62.7 Å². The normalized spacial score (nSPS) is 44.9. The predicted octanol–water partition coefficient (Wildman–Crippen LogP) is 2.08. The van der Waals surface area contributed by atoms with Crippen LogP contribution in [0.25, 0.3) is 0 Å². The maximum atomic E-state index is 12.3. The molecule has 4 fully saturated rings. The first-order chi connectivity index (χ1) is 8.50. The zero-order valence-corrected chi connectivity index (χ0v) is 10.7. The number of hydrogen-bond acceptors (Lipinski definition) is 3. The van der Waals surface area contributed by atoms with Gasteiger partial charge in [0.05, 0.1) is 5.41 Å². The van der Waals surface area contributed by atoms with Gasteiger partial charge in [0, 0.05) is 0 Å². The Labute approximate surface area is 107 Å². The van der Waals surface area contributed by atoms with Gasteiger partial charge < -0.3 is 9.84 Å². The van der Waals surface area contributed by atoms with Crippen molar-refractivity contribution in [3.63, 3.8) is 0 Å². The van der Waals surface area contributed by atoms with Crippen molar-refractivity contribution in [3.8, 4) is 0 Å². The number of carbonyl (C=O) groups excluding carboxylic acids is 1. The number of aliphatic carboxylic acids is 1. The first kappa shape index (κ1) is 12.0. The molecule has 18 heavy (non-hydrogen) atoms. The second-order valence-corrected chi connectivity index (χ2v) is 6.56. The molecule has 0 aliphatic heterocycles. The van der Waals surface area contributed by atoms with E-state index in [9.17, 15) is 9.59 Å². The van der Waals surface area contributed by atoms with Gasteiger partial charge >= 0.3 is 11.9 Å². The Hall–Kier alpha value is -1.06. The fourth-order valence-electron chi connectivity index (χ4n) is 4.78. The predicted molar refractivity (Wildman–Crippen MR) is 63.7 cm³/mol. The van der Waals surface area contributed by atoms with Gasteiger partial charge in [-0.1, -0.05) is 0 Å². The molecule has 4 rings (SSSR count). The van der Waals surface area contributed by atoms with E-state index in [0.717, 1.165) is 37.5 Å². The van der Waals surface area contributed by atoms with Crippen molar-refractivity contribution in [2.45, 2.75) is 39.0 Å². The third-order valence-electron chi connectivity index (χ3n) is 5.60. The smallest absolute Gasteiger partial charge is 0.341 e. The van der Waals surface area contributed by atoms with Gasteiger partial charge in [0.1, 0.15) is 0 Å². The summed E-state index contributed by atoms with van der Waals surface area (Å²) >= 11 is 0. The highest BCUT2D eigenvalue weighted by atomic mass is 16.6. The van der Waals surface area contributed by atoms with E-state index in [1.807, 2.05) is 6.92 Å². The number of carboxylic acids is 1. The van der Waals surface area contributed by atoms with Gasteiger partial charge in [-0.25, -0.2) is 4.79 Å². The first-order valence-electron chi connectivity index (χ1n) is 6.89. The number of carboxylic acid groups (broad SMARTS) is 1. The molecule has 0 heterocycles. The number of hydrogen-bond donors (Lipinski definition) is 1. The molecule has 0 unspecified atom stereocenters. The maximum Gasteiger partial charge on any atom is 0.341 e. The zero-order valence-electron chi connectivity index (χ0n) is 10.7. The zero-order chi connectivity index (χ0) is 12.9. The van der Waals surface area contributed by atoms with Gasteiger partial charge in [0.15, 0.2) is 6.61 Å².